The molecule has 28 heavy (non-hydrogen) atoms. The molecule has 2 amide bonds. The summed E-state index contributed by atoms with van der Waals surface area (Å²) in [5, 5.41) is 4.21. The van der Waals surface area contributed by atoms with Crippen LogP contribution in [0.4, 0.5) is 0 Å². The van der Waals surface area contributed by atoms with Gasteiger partial charge in [0.05, 0.1) is 19.0 Å². The van der Waals surface area contributed by atoms with E-state index >= 15 is 0 Å². The van der Waals surface area contributed by atoms with Gasteiger partial charge in [0.25, 0.3) is 5.91 Å². The molecule has 1 aliphatic rings. The van der Waals surface area contributed by atoms with Gasteiger partial charge >= 0.3 is 5.97 Å². The summed E-state index contributed by atoms with van der Waals surface area (Å²) in [7, 11) is 1.43. The van der Waals surface area contributed by atoms with Crippen molar-refractivity contribution in [3.05, 3.63) is 42.2 Å². The number of hydrogen-bond acceptors (Lipinski definition) is 6. The lowest BCUT2D eigenvalue weighted by Crippen LogP contribution is -2.43. The zero-order chi connectivity index (χ0) is 20.1. The van der Waals surface area contributed by atoms with Gasteiger partial charge < -0.3 is 20.1 Å². The number of rotatable bonds is 6. The second-order valence-electron chi connectivity index (χ2n) is 6.46. The van der Waals surface area contributed by atoms with Crippen molar-refractivity contribution in [2.45, 2.75) is 12.8 Å². The molecule has 0 atom stereocenters. The van der Waals surface area contributed by atoms with E-state index < -0.39 is 12.6 Å². The predicted octanol–water partition coefficient (Wildman–Crippen LogP) is 0.762. The summed E-state index contributed by atoms with van der Waals surface area (Å²) < 4.78 is 11.8. The number of likely N-dealkylation sites (tertiary alicyclic amines) is 1. The average molecular weight is 386 g/mol. The molecule has 1 aromatic carbocycles. The fourth-order valence-corrected chi connectivity index (χ4v) is 3.06. The number of carbonyl (C=O) groups is 3. The van der Waals surface area contributed by atoms with Gasteiger partial charge in [-0.2, -0.15) is 5.10 Å². The number of methoxy groups -OCH3 is 1. The average Bonchev–Trinajstić information content (AvgIpc) is 3.17. The molecule has 1 aromatic heterocycles. The smallest absolute Gasteiger partial charge is 0.363 e. The minimum Gasteiger partial charge on any atom is -0.493 e. The molecular weight excluding hydrogens is 364 g/mol. The lowest BCUT2D eigenvalue weighted by atomic mass is 9.96. The summed E-state index contributed by atoms with van der Waals surface area (Å²) in [4.78, 5) is 37.4. The van der Waals surface area contributed by atoms with Crippen LogP contribution in [0.25, 0.3) is 5.69 Å². The Hall–Kier alpha value is -3.36. The highest BCUT2D eigenvalue weighted by molar-refractivity contribution is 5.92. The number of aromatic nitrogens is 2. The van der Waals surface area contributed by atoms with Crippen molar-refractivity contribution in [1.29, 1.82) is 0 Å². The van der Waals surface area contributed by atoms with Crippen molar-refractivity contribution in [2.24, 2.45) is 11.7 Å². The minimum atomic E-state index is -0.744. The number of nitrogens with zero attached hydrogens (tertiary/aromatic N) is 3. The number of primary amides is 1. The van der Waals surface area contributed by atoms with E-state index in [1.165, 1.54) is 11.8 Å². The van der Waals surface area contributed by atoms with Crippen LogP contribution in [0, 0.1) is 5.92 Å². The molecule has 2 N–H and O–H groups in total. The van der Waals surface area contributed by atoms with Crippen molar-refractivity contribution in [2.75, 3.05) is 26.8 Å². The van der Waals surface area contributed by atoms with Gasteiger partial charge in [0.2, 0.25) is 11.6 Å². The summed E-state index contributed by atoms with van der Waals surface area (Å²) in [6.07, 6.45) is 2.61. The van der Waals surface area contributed by atoms with E-state index in [0.29, 0.717) is 25.9 Å². The van der Waals surface area contributed by atoms with Crippen LogP contribution in [-0.2, 0) is 14.3 Å². The molecule has 0 bridgehead atoms. The van der Waals surface area contributed by atoms with Gasteiger partial charge in [0.1, 0.15) is 0 Å². The number of carbonyl (C=O) groups excluding carboxylic acids is 3. The normalized spacial score (nSPS) is 14.5. The third kappa shape index (κ3) is 4.30. The Morgan fingerprint density at radius 3 is 2.46 bits per heavy atom. The van der Waals surface area contributed by atoms with Crippen molar-refractivity contribution in [1.82, 2.24) is 14.7 Å². The first-order chi connectivity index (χ1) is 13.5. The Labute approximate surface area is 162 Å². The Balaban J connectivity index is 1.60. The van der Waals surface area contributed by atoms with E-state index in [1.807, 2.05) is 30.3 Å². The zero-order valence-electron chi connectivity index (χ0n) is 15.5. The highest BCUT2D eigenvalue weighted by Gasteiger charge is 2.27. The van der Waals surface area contributed by atoms with Gasteiger partial charge in [0.15, 0.2) is 12.4 Å². The lowest BCUT2D eigenvalue weighted by Gasteiger charge is -2.30. The van der Waals surface area contributed by atoms with Crippen LogP contribution in [0.2, 0.25) is 0 Å². The Bertz CT molecular complexity index is 856. The molecule has 2 aromatic rings. The lowest BCUT2D eigenvalue weighted by molar-refractivity contribution is -0.137. The summed E-state index contributed by atoms with van der Waals surface area (Å²) >= 11 is 0. The molecule has 9 heteroatoms. The first kappa shape index (κ1) is 19.4. The highest BCUT2D eigenvalue weighted by Crippen LogP contribution is 2.21. The molecule has 0 radical (unpaired) electrons. The van der Waals surface area contributed by atoms with Crippen LogP contribution in [-0.4, -0.2) is 59.3 Å². The zero-order valence-corrected chi connectivity index (χ0v) is 15.5. The molecule has 0 unspecified atom stereocenters. The minimum absolute atomic E-state index is 0.00779. The predicted molar refractivity (Wildman–Crippen MR) is 98.9 cm³/mol. The number of nitrogens with two attached hydrogens (primary N) is 1. The van der Waals surface area contributed by atoms with Crippen LogP contribution in [0.3, 0.4) is 0 Å². The number of ether oxygens (including phenoxy) is 2. The molecule has 0 spiro atoms. The maximum absolute atomic E-state index is 12.4. The summed E-state index contributed by atoms with van der Waals surface area (Å²) in [6, 6.07) is 9.24. The van der Waals surface area contributed by atoms with Crippen molar-refractivity contribution < 1.29 is 23.9 Å². The summed E-state index contributed by atoms with van der Waals surface area (Å²) in [6.45, 7) is 0.424. The molecular formula is C19H22N4O5. The number of esters is 1. The molecule has 148 valence electrons. The van der Waals surface area contributed by atoms with E-state index in [0.717, 1.165) is 5.69 Å². The van der Waals surface area contributed by atoms with E-state index in [-0.39, 0.29) is 29.2 Å². The molecule has 2 heterocycles. The number of benzene rings is 1. The molecule has 9 nitrogen and oxygen atoms in total. The quantitative estimate of drug-likeness (QED) is 0.733. The van der Waals surface area contributed by atoms with Crippen molar-refractivity contribution in [3.63, 3.8) is 0 Å². The van der Waals surface area contributed by atoms with Gasteiger partial charge in [-0.15, -0.1) is 0 Å². The number of para-hydroxylation sites is 1. The van der Waals surface area contributed by atoms with Crippen LogP contribution < -0.4 is 10.5 Å². The Morgan fingerprint density at radius 2 is 1.86 bits per heavy atom. The Morgan fingerprint density at radius 1 is 1.18 bits per heavy atom. The van der Waals surface area contributed by atoms with Crippen LogP contribution >= 0.6 is 0 Å². The fourth-order valence-electron chi connectivity index (χ4n) is 3.06. The topological polar surface area (TPSA) is 117 Å². The standard InChI is InChI=1S/C19H22N4O5/c1-27-15-11-23(14-5-3-2-4-6-14)21-17(15)19(26)28-12-16(24)22-9-7-13(8-10-22)18(20)25/h2-6,11,13H,7-10,12H2,1H3,(H2,20,25). The van der Waals surface area contributed by atoms with E-state index in [2.05, 4.69) is 5.10 Å². The van der Waals surface area contributed by atoms with Gasteiger partial charge in [-0.3, -0.25) is 9.59 Å². The van der Waals surface area contributed by atoms with Crippen LogP contribution in [0.5, 0.6) is 5.75 Å². The molecule has 3 rings (SSSR count). The third-order valence-corrected chi connectivity index (χ3v) is 4.69. The maximum Gasteiger partial charge on any atom is 0.363 e. The SMILES string of the molecule is COc1cn(-c2ccccc2)nc1C(=O)OCC(=O)N1CCC(C(N)=O)CC1. The monoisotopic (exact) mass is 386 g/mol. The van der Waals surface area contributed by atoms with Gasteiger partial charge in [-0.25, -0.2) is 9.48 Å². The van der Waals surface area contributed by atoms with Crippen LogP contribution in [0.1, 0.15) is 23.3 Å². The van der Waals surface area contributed by atoms with E-state index in [1.54, 1.807) is 11.1 Å². The Kier molecular flexibility index (Phi) is 5.93. The largest absolute Gasteiger partial charge is 0.493 e. The first-order valence-corrected chi connectivity index (χ1v) is 8.93. The van der Waals surface area contributed by atoms with Crippen molar-refractivity contribution >= 4 is 17.8 Å². The summed E-state index contributed by atoms with van der Waals surface area (Å²) in [5.74, 6) is -1.37. The molecule has 1 aliphatic heterocycles. The second-order valence-corrected chi connectivity index (χ2v) is 6.46. The molecule has 0 aliphatic carbocycles. The van der Waals surface area contributed by atoms with Gasteiger partial charge in [0, 0.05) is 19.0 Å². The number of amides is 2. The molecule has 1 saturated heterocycles. The third-order valence-electron chi connectivity index (χ3n) is 4.69. The van der Waals surface area contributed by atoms with Crippen LogP contribution in [0.15, 0.2) is 36.5 Å². The van der Waals surface area contributed by atoms with E-state index in [4.69, 9.17) is 15.2 Å². The van der Waals surface area contributed by atoms with Gasteiger partial charge in [-0.05, 0) is 25.0 Å². The molecule has 1 fully saturated rings. The first-order valence-electron chi connectivity index (χ1n) is 8.93. The number of piperidine rings is 1. The fraction of sp³-hybridized carbons (Fsp3) is 0.368. The van der Waals surface area contributed by atoms with E-state index in [9.17, 15) is 14.4 Å². The number of hydrogen-bond donors (Lipinski definition) is 1. The second kappa shape index (κ2) is 8.55. The highest BCUT2D eigenvalue weighted by atomic mass is 16.5. The van der Waals surface area contributed by atoms with Crippen molar-refractivity contribution in [3.8, 4) is 11.4 Å². The summed E-state index contributed by atoms with van der Waals surface area (Å²) in [5.41, 5.74) is 6.04. The molecule has 0 saturated carbocycles. The maximum atomic E-state index is 12.4. The van der Waals surface area contributed by atoms with Gasteiger partial charge in [-0.1, -0.05) is 18.2 Å².